The van der Waals surface area contributed by atoms with Gasteiger partial charge in [0.15, 0.2) is 0 Å². The Morgan fingerprint density at radius 3 is 2.62 bits per heavy atom. The third-order valence-electron chi connectivity index (χ3n) is 3.63. The maximum atomic E-state index is 12.6. The zero-order chi connectivity index (χ0) is 15.8. The summed E-state index contributed by atoms with van der Waals surface area (Å²) in [5, 5.41) is 0. The maximum Gasteiger partial charge on any atom is 0.262 e. The summed E-state index contributed by atoms with van der Waals surface area (Å²) in [5.74, 6) is -0.156. The van der Waals surface area contributed by atoms with Crippen molar-refractivity contribution in [3.8, 4) is 0 Å². The Morgan fingerprint density at radius 1 is 1.38 bits per heavy atom. The standard InChI is InChI=1S/C14H17BrClNO3S/c1-14(2)6-3-7-17(9-14)13(18)10-4-5-11(15)12(8-10)21(16,19)20/h4-5,8H,3,6-7,9H2,1-2H3. The molecule has 0 N–H and O–H groups in total. The minimum absolute atomic E-state index is 0.0775. The molecule has 4 nitrogen and oxygen atoms in total. The van der Waals surface area contributed by atoms with Crippen molar-refractivity contribution in [2.24, 2.45) is 5.41 Å². The number of rotatable bonds is 2. The van der Waals surface area contributed by atoms with Gasteiger partial charge >= 0.3 is 0 Å². The molecular formula is C14H17BrClNO3S. The fraction of sp³-hybridized carbons (Fsp3) is 0.500. The van der Waals surface area contributed by atoms with Crippen LogP contribution in [0, 0.1) is 5.41 Å². The van der Waals surface area contributed by atoms with Crippen LogP contribution in [0.1, 0.15) is 37.0 Å². The Morgan fingerprint density at radius 2 is 2.05 bits per heavy atom. The van der Waals surface area contributed by atoms with E-state index in [1.54, 1.807) is 11.0 Å². The molecule has 0 atom stereocenters. The molecule has 1 fully saturated rings. The second kappa shape index (κ2) is 5.89. The molecule has 2 rings (SSSR count). The van der Waals surface area contributed by atoms with E-state index in [0.29, 0.717) is 23.1 Å². The van der Waals surface area contributed by atoms with E-state index in [4.69, 9.17) is 10.7 Å². The van der Waals surface area contributed by atoms with E-state index in [9.17, 15) is 13.2 Å². The van der Waals surface area contributed by atoms with Crippen LogP contribution in [-0.2, 0) is 9.05 Å². The first-order valence-electron chi connectivity index (χ1n) is 6.64. The Kier molecular flexibility index (Phi) is 4.71. The molecule has 0 aliphatic carbocycles. The van der Waals surface area contributed by atoms with Crippen LogP contribution >= 0.6 is 26.6 Å². The maximum absolute atomic E-state index is 12.6. The molecule has 1 aromatic carbocycles. The molecule has 0 aromatic heterocycles. The number of halogens is 2. The van der Waals surface area contributed by atoms with Gasteiger partial charge in [-0.1, -0.05) is 13.8 Å². The topological polar surface area (TPSA) is 54.5 Å². The lowest BCUT2D eigenvalue weighted by molar-refractivity contribution is 0.0583. The average Bonchev–Trinajstić information content (AvgIpc) is 2.36. The second-order valence-electron chi connectivity index (χ2n) is 6.08. The molecule has 0 unspecified atom stereocenters. The number of carbonyl (C=O) groups is 1. The van der Waals surface area contributed by atoms with E-state index in [1.165, 1.54) is 12.1 Å². The lowest BCUT2D eigenvalue weighted by Gasteiger charge is -2.38. The highest BCUT2D eigenvalue weighted by atomic mass is 79.9. The minimum atomic E-state index is -3.89. The summed E-state index contributed by atoms with van der Waals surface area (Å²) in [6.45, 7) is 5.62. The summed E-state index contributed by atoms with van der Waals surface area (Å²) in [7, 11) is 1.50. The van der Waals surface area contributed by atoms with E-state index >= 15 is 0 Å². The van der Waals surface area contributed by atoms with Crippen molar-refractivity contribution in [2.75, 3.05) is 13.1 Å². The predicted molar refractivity (Wildman–Crippen MR) is 86.1 cm³/mol. The molecule has 1 heterocycles. The quantitative estimate of drug-likeness (QED) is 0.720. The van der Waals surface area contributed by atoms with Crippen molar-refractivity contribution in [1.29, 1.82) is 0 Å². The van der Waals surface area contributed by atoms with Gasteiger partial charge in [0.25, 0.3) is 15.0 Å². The van der Waals surface area contributed by atoms with Gasteiger partial charge in [0, 0.05) is 33.8 Å². The summed E-state index contributed by atoms with van der Waals surface area (Å²) in [6.07, 6.45) is 2.04. The van der Waals surface area contributed by atoms with Crippen LogP contribution in [0.3, 0.4) is 0 Å². The number of hydrogen-bond donors (Lipinski definition) is 0. The molecule has 0 saturated carbocycles. The van der Waals surface area contributed by atoms with E-state index in [-0.39, 0.29) is 16.2 Å². The zero-order valence-corrected chi connectivity index (χ0v) is 15.1. The van der Waals surface area contributed by atoms with Gasteiger partial charge < -0.3 is 4.90 Å². The van der Waals surface area contributed by atoms with Crippen LogP contribution in [0.15, 0.2) is 27.6 Å². The molecule has 1 aliphatic heterocycles. The van der Waals surface area contributed by atoms with E-state index < -0.39 is 9.05 Å². The van der Waals surface area contributed by atoms with Crippen molar-refractivity contribution in [2.45, 2.75) is 31.6 Å². The van der Waals surface area contributed by atoms with E-state index in [2.05, 4.69) is 29.8 Å². The number of nitrogens with zero attached hydrogens (tertiary/aromatic N) is 1. The molecule has 1 aromatic rings. The normalized spacial score (nSPS) is 18.6. The molecule has 116 valence electrons. The lowest BCUT2D eigenvalue weighted by Crippen LogP contribution is -2.43. The van der Waals surface area contributed by atoms with Gasteiger partial charge in [-0.25, -0.2) is 8.42 Å². The van der Waals surface area contributed by atoms with Crippen molar-refractivity contribution in [3.63, 3.8) is 0 Å². The summed E-state index contributed by atoms with van der Waals surface area (Å²) < 4.78 is 23.4. The fourth-order valence-corrected chi connectivity index (χ4v) is 4.72. The smallest absolute Gasteiger partial charge is 0.262 e. The molecule has 1 amide bonds. The van der Waals surface area contributed by atoms with Crippen molar-refractivity contribution < 1.29 is 13.2 Å². The molecule has 1 saturated heterocycles. The molecule has 0 radical (unpaired) electrons. The molecule has 1 aliphatic rings. The zero-order valence-electron chi connectivity index (χ0n) is 11.9. The highest BCUT2D eigenvalue weighted by Crippen LogP contribution is 2.31. The SMILES string of the molecule is CC1(C)CCCN(C(=O)c2ccc(Br)c(S(=O)(=O)Cl)c2)C1. The first kappa shape index (κ1) is 16.8. The lowest BCUT2D eigenvalue weighted by atomic mass is 9.84. The molecule has 0 bridgehead atoms. The number of carbonyl (C=O) groups excluding carboxylic acids is 1. The summed E-state index contributed by atoms with van der Waals surface area (Å²) in [5.41, 5.74) is 0.431. The monoisotopic (exact) mass is 393 g/mol. The summed E-state index contributed by atoms with van der Waals surface area (Å²) >= 11 is 3.14. The molecule has 21 heavy (non-hydrogen) atoms. The number of likely N-dealkylation sites (tertiary alicyclic amines) is 1. The Bertz CT molecular complexity index is 673. The van der Waals surface area contributed by atoms with Gasteiger partial charge in [-0.05, 0) is 52.4 Å². The second-order valence-corrected chi connectivity index (χ2v) is 9.47. The van der Waals surface area contributed by atoms with Crippen molar-refractivity contribution >= 4 is 41.6 Å². The number of piperidine rings is 1. The van der Waals surface area contributed by atoms with Crippen LogP contribution in [0.5, 0.6) is 0 Å². The van der Waals surface area contributed by atoms with Crippen LogP contribution in [0.2, 0.25) is 0 Å². The van der Waals surface area contributed by atoms with Gasteiger partial charge in [-0.2, -0.15) is 0 Å². The number of benzene rings is 1. The van der Waals surface area contributed by atoms with Gasteiger partial charge in [0.2, 0.25) is 0 Å². The first-order valence-corrected chi connectivity index (χ1v) is 9.74. The Labute approximate surface area is 138 Å². The minimum Gasteiger partial charge on any atom is -0.338 e. The van der Waals surface area contributed by atoms with Gasteiger partial charge in [-0.3, -0.25) is 4.79 Å². The number of hydrogen-bond acceptors (Lipinski definition) is 3. The van der Waals surface area contributed by atoms with Crippen LogP contribution in [0.4, 0.5) is 0 Å². The van der Waals surface area contributed by atoms with Crippen molar-refractivity contribution in [3.05, 3.63) is 28.2 Å². The highest BCUT2D eigenvalue weighted by Gasteiger charge is 2.30. The Balaban J connectivity index is 2.32. The average molecular weight is 395 g/mol. The van der Waals surface area contributed by atoms with Gasteiger partial charge in [0.1, 0.15) is 0 Å². The number of amides is 1. The molecule has 0 spiro atoms. The van der Waals surface area contributed by atoms with Crippen LogP contribution in [-0.4, -0.2) is 32.3 Å². The third kappa shape index (κ3) is 3.99. The van der Waals surface area contributed by atoms with Gasteiger partial charge in [-0.15, -0.1) is 0 Å². The summed E-state index contributed by atoms with van der Waals surface area (Å²) in [4.78, 5) is 14.2. The highest BCUT2D eigenvalue weighted by molar-refractivity contribution is 9.10. The van der Waals surface area contributed by atoms with E-state index in [1.807, 2.05) is 0 Å². The summed E-state index contributed by atoms with van der Waals surface area (Å²) in [6, 6.07) is 4.48. The molecular weight excluding hydrogens is 378 g/mol. The Hall–Kier alpha value is -0.590. The van der Waals surface area contributed by atoms with Crippen molar-refractivity contribution in [1.82, 2.24) is 4.90 Å². The van der Waals surface area contributed by atoms with E-state index in [0.717, 1.165) is 12.8 Å². The van der Waals surface area contributed by atoms with Gasteiger partial charge in [0.05, 0.1) is 4.90 Å². The van der Waals surface area contributed by atoms with Crippen LogP contribution in [0.25, 0.3) is 0 Å². The third-order valence-corrected chi connectivity index (χ3v) is 5.94. The molecule has 7 heteroatoms. The largest absolute Gasteiger partial charge is 0.338 e. The predicted octanol–water partition coefficient (Wildman–Crippen LogP) is 3.64. The fourth-order valence-electron chi connectivity index (χ4n) is 2.60. The first-order chi connectivity index (χ1) is 9.60. The van der Waals surface area contributed by atoms with Crippen LogP contribution < -0.4 is 0 Å².